The maximum Gasteiger partial charge on any atom is 0.338 e. The van der Waals surface area contributed by atoms with E-state index < -0.39 is 0 Å². The molecule has 25 heavy (non-hydrogen) atoms. The highest BCUT2D eigenvalue weighted by molar-refractivity contribution is 7.16. The van der Waals surface area contributed by atoms with Crippen LogP contribution in [-0.4, -0.2) is 23.1 Å². The van der Waals surface area contributed by atoms with Crippen LogP contribution in [-0.2, 0) is 16.6 Å². The van der Waals surface area contributed by atoms with E-state index in [1.807, 2.05) is 35.2 Å². The van der Waals surface area contributed by atoms with Crippen LogP contribution in [0.1, 0.15) is 22.2 Å². The molecular weight excluding hydrogens is 356 g/mol. The molecule has 0 N–H and O–H groups in total. The van der Waals surface area contributed by atoms with E-state index in [4.69, 9.17) is 4.74 Å². The molecule has 0 radical (unpaired) electrons. The molecule has 0 aliphatic rings. The maximum absolute atomic E-state index is 12.1. The minimum absolute atomic E-state index is 0.318. The zero-order chi connectivity index (χ0) is 17.8. The Kier molecular flexibility index (Phi) is 5.25. The van der Waals surface area contributed by atoms with Gasteiger partial charge in [0.25, 0.3) is 5.91 Å². The number of hydrogen-bond acceptors (Lipinski definition) is 5. The fourth-order valence-electron chi connectivity index (χ4n) is 2.25. The summed E-state index contributed by atoms with van der Waals surface area (Å²) in [5, 5.41) is 1.95. The Morgan fingerprint density at radius 3 is 2.88 bits per heavy atom. The van der Waals surface area contributed by atoms with Crippen molar-refractivity contribution in [2.45, 2.75) is 6.92 Å². The minimum atomic E-state index is -0.353. The first kappa shape index (κ1) is 17.3. The van der Waals surface area contributed by atoms with Crippen molar-refractivity contribution in [1.82, 2.24) is 4.57 Å². The summed E-state index contributed by atoms with van der Waals surface area (Å²) >= 11 is 2.92. The van der Waals surface area contributed by atoms with Crippen LogP contribution in [0.5, 0.6) is 0 Å². The number of thiophene rings is 1. The second-order valence-electron chi connectivity index (χ2n) is 5.15. The topological polar surface area (TPSA) is 60.7 Å². The molecule has 128 valence electrons. The van der Waals surface area contributed by atoms with Crippen molar-refractivity contribution in [3.63, 3.8) is 0 Å². The van der Waals surface area contributed by atoms with Gasteiger partial charge in [0.05, 0.1) is 22.4 Å². The number of nitrogens with zero attached hydrogens (tertiary/aromatic N) is 2. The number of fused-ring (bicyclic) bond motifs is 1. The summed E-state index contributed by atoms with van der Waals surface area (Å²) in [7, 11) is 1.85. The number of amides is 1. The van der Waals surface area contributed by atoms with Gasteiger partial charge in [-0.05, 0) is 42.6 Å². The van der Waals surface area contributed by atoms with E-state index in [9.17, 15) is 9.59 Å². The molecule has 7 heteroatoms. The van der Waals surface area contributed by atoms with Crippen LogP contribution in [0.3, 0.4) is 0 Å². The lowest BCUT2D eigenvalue weighted by Crippen LogP contribution is -2.12. The van der Waals surface area contributed by atoms with Crippen molar-refractivity contribution in [2.24, 2.45) is 12.0 Å². The molecule has 0 atom stereocenters. The van der Waals surface area contributed by atoms with Crippen LogP contribution in [0.25, 0.3) is 16.3 Å². The average molecular weight is 372 g/mol. The fraction of sp³-hybridized carbons (Fsp3) is 0.167. The normalized spacial score (nSPS) is 12.2. The van der Waals surface area contributed by atoms with Gasteiger partial charge in [-0.3, -0.25) is 4.79 Å². The molecule has 1 amide bonds. The summed E-state index contributed by atoms with van der Waals surface area (Å²) < 4.78 is 7.73. The minimum Gasteiger partial charge on any atom is -0.462 e. The molecule has 1 aromatic carbocycles. The molecule has 3 aromatic rings. The van der Waals surface area contributed by atoms with E-state index in [0.717, 1.165) is 15.1 Å². The summed E-state index contributed by atoms with van der Waals surface area (Å²) in [6, 6.07) is 9.19. The molecule has 0 aliphatic carbocycles. The average Bonchev–Trinajstić information content (AvgIpc) is 3.22. The number of ether oxygens (including phenoxy) is 1. The van der Waals surface area contributed by atoms with Gasteiger partial charge < -0.3 is 9.30 Å². The summed E-state index contributed by atoms with van der Waals surface area (Å²) in [5.41, 5.74) is 1.40. The van der Waals surface area contributed by atoms with Gasteiger partial charge in [0.1, 0.15) is 0 Å². The molecule has 0 fully saturated rings. The second kappa shape index (κ2) is 7.58. The zero-order valence-electron chi connectivity index (χ0n) is 13.8. The lowest BCUT2D eigenvalue weighted by Gasteiger charge is -2.01. The molecule has 0 bridgehead atoms. The van der Waals surface area contributed by atoms with E-state index in [-0.39, 0.29) is 11.9 Å². The van der Waals surface area contributed by atoms with Gasteiger partial charge in [0, 0.05) is 18.0 Å². The van der Waals surface area contributed by atoms with Crippen molar-refractivity contribution < 1.29 is 14.3 Å². The van der Waals surface area contributed by atoms with Gasteiger partial charge in [0.15, 0.2) is 4.80 Å². The number of rotatable bonds is 4. The van der Waals surface area contributed by atoms with Gasteiger partial charge >= 0.3 is 5.97 Å². The van der Waals surface area contributed by atoms with Crippen molar-refractivity contribution in [1.29, 1.82) is 0 Å². The number of carbonyl (C=O) groups is 2. The molecule has 2 heterocycles. The van der Waals surface area contributed by atoms with Gasteiger partial charge in [0.2, 0.25) is 0 Å². The highest BCUT2D eigenvalue weighted by Gasteiger charge is 2.10. The lowest BCUT2D eigenvalue weighted by molar-refractivity contribution is -0.113. The van der Waals surface area contributed by atoms with Crippen LogP contribution < -0.4 is 4.80 Å². The third kappa shape index (κ3) is 3.94. The Hall–Kier alpha value is -2.51. The third-order valence-electron chi connectivity index (χ3n) is 3.46. The molecule has 5 nitrogen and oxygen atoms in total. The van der Waals surface area contributed by atoms with Crippen LogP contribution in [0.15, 0.2) is 46.8 Å². The number of carbonyl (C=O) groups excluding carboxylic acids is 2. The summed E-state index contributed by atoms with van der Waals surface area (Å²) in [6.07, 6.45) is 3.21. The largest absolute Gasteiger partial charge is 0.462 e. The van der Waals surface area contributed by atoms with Crippen molar-refractivity contribution >= 4 is 50.8 Å². The Labute approximate surface area is 152 Å². The first-order chi connectivity index (χ1) is 12.1. The quantitative estimate of drug-likeness (QED) is 0.519. The number of esters is 1. The van der Waals surface area contributed by atoms with Gasteiger partial charge in [-0.1, -0.05) is 17.4 Å². The standard InChI is InChI=1S/C18H16N2O3S2/c1-3-23-17(22)12-6-8-14-15(11-12)25-18(20(14)2)19-16(21)9-7-13-5-4-10-24-13/h4-11H,3H2,1-2H3. The van der Waals surface area contributed by atoms with Gasteiger partial charge in [-0.25, -0.2) is 4.79 Å². The first-order valence-electron chi connectivity index (χ1n) is 7.65. The Balaban J connectivity index is 1.92. The van der Waals surface area contributed by atoms with E-state index in [2.05, 4.69) is 4.99 Å². The Morgan fingerprint density at radius 1 is 1.32 bits per heavy atom. The monoisotopic (exact) mass is 372 g/mol. The number of hydrogen-bond donors (Lipinski definition) is 0. The van der Waals surface area contributed by atoms with Gasteiger partial charge in [-0.15, -0.1) is 11.3 Å². The van der Waals surface area contributed by atoms with Crippen LogP contribution in [0.4, 0.5) is 0 Å². The number of aryl methyl sites for hydroxylation is 1. The molecule has 3 rings (SSSR count). The zero-order valence-corrected chi connectivity index (χ0v) is 15.4. The van der Waals surface area contributed by atoms with Gasteiger partial charge in [-0.2, -0.15) is 4.99 Å². The first-order valence-corrected chi connectivity index (χ1v) is 9.35. The highest BCUT2D eigenvalue weighted by atomic mass is 32.1. The Bertz CT molecular complexity index is 1010. The molecule has 0 saturated carbocycles. The van der Waals surface area contributed by atoms with E-state index in [1.165, 1.54) is 17.4 Å². The van der Waals surface area contributed by atoms with Crippen molar-refractivity contribution in [3.8, 4) is 0 Å². The van der Waals surface area contributed by atoms with Crippen molar-refractivity contribution in [2.75, 3.05) is 6.61 Å². The SMILES string of the molecule is CCOC(=O)c1ccc2c(c1)sc(=NC(=O)C=Cc1cccs1)n2C. The molecular formula is C18H16N2O3S2. The lowest BCUT2D eigenvalue weighted by atomic mass is 10.2. The maximum atomic E-state index is 12.1. The van der Waals surface area contributed by atoms with E-state index in [1.54, 1.807) is 36.5 Å². The fourth-order valence-corrected chi connectivity index (χ4v) is 3.93. The van der Waals surface area contributed by atoms with Crippen LogP contribution in [0, 0.1) is 0 Å². The smallest absolute Gasteiger partial charge is 0.338 e. The van der Waals surface area contributed by atoms with Crippen molar-refractivity contribution in [3.05, 3.63) is 57.0 Å². The summed E-state index contributed by atoms with van der Waals surface area (Å²) in [4.78, 5) is 29.6. The van der Waals surface area contributed by atoms with Crippen LogP contribution >= 0.6 is 22.7 Å². The van der Waals surface area contributed by atoms with E-state index >= 15 is 0 Å². The van der Waals surface area contributed by atoms with E-state index in [0.29, 0.717) is 17.0 Å². The number of thiazole rings is 1. The van der Waals surface area contributed by atoms with Crippen LogP contribution in [0.2, 0.25) is 0 Å². The number of aromatic nitrogens is 1. The molecule has 0 aliphatic heterocycles. The summed E-state index contributed by atoms with van der Waals surface area (Å²) in [5.74, 6) is -0.671. The molecule has 0 saturated heterocycles. The molecule has 0 unspecified atom stereocenters. The molecule has 2 aromatic heterocycles. The second-order valence-corrected chi connectivity index (χ2v) is 7.13. The highest BCUT2D eigenvalue weighted by Crippen LogP contribution is 2.19. The predicted molar refractivity (Wildman–Crippen MR) is 101 cm³/mol. The molecule has 0 spiro atoms. The predicted octanol–water partition coefficient (Wildman–Crippen LogP) is 3.62. The summed E-state index contributed by atoms with van der Waals surface area (Å²) in [6.45, 7) is 2.11. The third-order valence-corrected chi connectivity index (χ3v) is 5.39. The Morgan fingerprint density at radius 2 is 2.16 bits per heavy atom. The number of benzene rings is 1.